The highest BCUT2D eigenvalue weighted by Crippen LogP contribution is 2.28. The van der Waals surface area contributed by atoms with Gasteiger partial charge in [0.05, 0.1) is 5.92 Å². The average molecular weight is 242 g/mol. The van der Waals surface area contributed by atoms with Crippen LogP contribution in [0.1, 0.15) is 19.3 Å². The Bertz CT molecular complexity index is 273. The molecule has 0 aromatic carbocycles. The van der Waals surface area contributed by atoms with Gasteiger partial charge in [-0.05, 0) is 12.8 Å². The molecule has 2 aliphatic rings. The van der Waals surface area contributed by atoms with E-state index in [1.54, 1.807) is 14.2 Å². The standard InChI is InChI=1S/C12H22N2O3/c1-16-10-6-14(7-11(10)17-2)12(15)8-4-3-5-9(8)13/h8-11H,3-7,13H2,1-2H3. The molecule has 1 aliphatic carbocycles. The van der Waals surface area contributed by atoms with Crippen LogP contribution in [0.4, 0.5) is 0 Å². The Kier molecular flexibility index (Phi) is 4.01. The van der Waals surface area contributed by atoms with Crippen molar-refractivity contribution in [3.63, 3.8) is 0 Å². The Morgan fingerprint density at radius 3 is 2.18 bits per heavy atom. The van der Waals surface area contributed by atoms with Crippen LogP contribution in [0.3, 0.4) is 0 Å². The maximum Gasteiger partial charge on any atom is 0.227 e. The number of likely N-dealkylation sites (tertiary alicyclic amines) is 1. The fourth-order valence-corrected chi connectivity index (χ4v) is 2.91. The summed E-state index contributed by atoms with van der Waals surface area (Å²) in [5, 5.41) is 0. The first-order valence-electron chi connectivity index (χ1n) is 6.27. The third kappa shape index (κ3) is 2.46. The number of methoxy groups -OCH3 is 2. The second kappa shape index (κ2) is 5.33. The minimum Gasteiger partial charge on any atom is -0.377 e. The molecule has 4 unspecified atom stereocenters. The second-order valence-electron chi connectivity index (χ2n) is 4.99. The van der Waals surface area contributed by atoms with E-state index in [0.29, 0.717) is 13.1 Å². The molecular weight excluding hydrogens is 220 g/mol. The van der Waals surface area contributed by atoms with Crippen molar-refractivity contribution in [3.8, 4) is 0 Å². The maximum absolute atomic E-state index is 12.3. The van der Waals surface area contributed by atoms with Gasteiger partial charge in [-0.25, -0.2) is 0 Å². The van der Waals surface area contributed by atoms with Crippen LogP contribution in [0, 0.1) is 5.92 Å². The molecule has 2 fully saturated rings. The lowest BCUT2D eigenvalue weighted by Gasteiger charge is -2.22. The number of hydrogen-bond donors (Lipinski definition) is 1. The lowest BCUT2D eigenvalue weighted by atomic mass is 10.0. The Morgan fingerprint density at radius 1 is 1.18 bits per heavy atom. The van der Waals surface area contributed by atoms with Crippen molar-refractivity contribution in [2.75, 3.05) is 27.3 Å². The second-order valence-corrected chi connectivity index (χ2v) is 4.99. The molecule has 5 nitrogen and oxygen atoms in total. The normalized spacial score (nSPS) is 37.7. The molecule has 17 heavy (non-hydrogen) atoms. The molecule has 4 atom stereocenters. The summed E-state index contributed by atoms with van der Waals surface area (Å²) in [6.45, 7) is 1.24. The van der Waals surface area contributed by atoms with Gasteiger partial charge in [-0.2, -0.15) is 0 Å². The van der Waals surface area contributed by atoms with Crippen LogP contribution in [0.25, 0.3) is 0 Å². The first-order chi connectivity index (χ1) is 8.17. The Balaban J connectivity index is 1.97. The Hall–Kier alpha value is -0.650. The van der Waals surface area contributed by atoms with Crippen LogP contribution in [0.2, 0.25) is 0 Å². The van der Waals surface area contributed by atoms with E-state index in [2.05, 4.69) is 0 Å². The van der Waals surface area contributed by atoms with Gasteiger partial charge in [0.2, 0.25) is 5.91 Å². The first kappa shape index (κ1) is 12.8. The largest absolute Gasteiger partial charge is 0.377 e. The Labute approximate surface area is 102 Å². The minimum atomic E-state index is -0.0124. The van der Waals surface area contributed by atoms with Crippen LogP contribution >= 0.6 is 0 Å². The predicted octanol–water partition coefficient (Wildman–Crippen LogP) is -0.0140. The van der Waals surface area contributed by atoms with Gasteiger partial charge in [0.15, 0.2) is 0 Å². The molecule has 5 heteroatoms. The summed E-state index contributed by atoms with van der Waals surface area (Å²) in [7, 11) is 3.32. The van der Waals surface area contributed by atoms with E-state index < -0.39 is 0 Å². The SMILES string of the molecule is COC1CN(C(=O)C2CCCC2N)CC1OC. The van der Waals surface area contributed by atoms with Crippen molar-refractivity contribution < 1.29 is 14.3 Å². The van der Waals surface area contributed by atoms with Crippen molar-refractivity contribution in [2.45, 2.75) is 37.5 Å². The molecular formula is C12H22N2O3. The molecule has 98 valence electrons. The van der Waals surface area contributed by atoms with Crippen molar-refractivity contribution >= 4 is 5.91 Å². The summed E-state index contributed by atoms with van der Waals surface area (Å²) >= 11 is 0. The number of ether oxygens (including phenoxy) is 2. The molecule has 2 rings (SSSR count). The van der Waals surface area contributed by atoms with Gasteiger partial charge in [-0.1, -0.05) is 6.42 Å². The van der Waals surface area contributed by atoms with E-state index >= 15 is 0 Å². The third-order valence-electron chi connectivity index (χ3n) is 4.02. The Morgan fingerprint density at radius 2 is 1.76 bits per heavy atom. The topological polar surface area (TPSA) is 64.8 Å². The van der Waals surface area contributed by atoms with Gasteiger partial charge in [-0.15, -0.1) is 0 Å². The van der Waals surface area contributed by atoms with Crippen LogP contribution in [0.5, 0.6) is 0 Å². The van der Waals surface area contributed by atoms with Crippen LogP contribution in [-0.2, 0) is 14.3 Å². The number of amides is 1. The highest BCUT2D eigenvalue weighted by atomic mass is 16.5. The minimum absolute atomic E-state index is 0.00288. The van der Waals surface area contributed by atoms with Gasteiger partial charge in [0, 0.05) is 33.4 Å². The maximum atomic E-state index is 12.3. The molecule has 1 saturated carbocycles. The van der Waals surface area contributed by atoms with Gasteiger partial charge < -0.3 is 20.1 Å². The van der Waals surface area contributed by atoms with Crippen molar-refractivity contribution in [3.05, 3.63) is 0 Å². The molecule has 2 N–H and O–H groups in total. The zero-order chi connectivity index (χ0) is 12.4. The summed E-state index contributed by atoms with van der Waals surface area (Å²) in [5.41, 5.74) is 5.97. The molecule has 0 spiro atoms. The van der Waals surface area contributed by atoms with Gasteiger partial charge in [-0.3, -0.25) is 4.79 Å². The molecule has 1 saturated heterocycles. The van der Waals surface area contributed by atoms with E-state index in [1.807, 2.05) is 4.90 Å². The van der Waals surface area contributed by atoms with E-state index in [0.717, 1.165) is 19.3 Å². The van der Waals surface area contributed by atoms with Gasteiger partial charge in [0.25, 0.3) is 0 Å². The zero-order valence-corrected chi connectivity index (χ0v) is 10.6. The fraction of sp³-hybridized carbons (Fsp3) is 0.917. The van der Waals surface area contributed by atoms with E-state index in [9.17, 15) is 4.79 Å². The molecule has 0 bridgehead atoms. The molecule has 0 radical (unpaired) electrons. The number of carbonyl (C=O) groups excluding carboxylic acids is 1. The monoisotopic (exact) mass is 242 g/mol. The van der Waals surface area contributed by atoms with Crippen LogP contribution in [0.15, 0.2) is 0 Å². The summed E-state index contributed by atoms with van der Waals surface area (Å²) in [6, 6.07) is 0.0325. The summed E-state index contributed by atoms with van der Waals surface area (Å²) < 4.78 is 10.7. The van der Waals surface area contributed by atoms with Crippen LogP contribution in [-0.4, -0.2) is 56.4 Å². The quantitative estimate of drug-likeness (QED) is 0.756. The number of nitrogens with zero attached hydrogens (tertiary/aromatic N) is 1. The summed E-state index contributed by atoms with van der Waals surface area (Å²) in [4.78, 5) is 14.2. The number of carbonyl (C=O) groups is 1. The zero-order valence-electron chi connectivity index (χ0n) is 10.6. The van der Waals surface area contributed by atoms with Gasteiger partial charge in [0.1, 0.15) is 12.2 Å². The first-order valence-corrected chi connectivity index (χ1v) is 6.27. The number of nitrogens with two attached hydrogens (primary N) is 1. The third-order valence-corrected chi connectivity index (χ3v) is 4.02. The molecule has 1 amide bonds. The van der Waals surface area contributed by atoms with E-state index in [-0.39, 0.29) is 30.1 Å². The lowest BCUT2D eigenvalue weighted by Crippen LogP contribution is -2.41. The fourth-order valence-electron chi connectivity index (χ4n) is 2.91. The highest BCUT2D eigenvalue weighted by Gasteiger charge is 2.40. The smallest absolute Gasteiger partial charge is 0.227 e. The van der Waals surface area contributed by atoms with E-state index in [1.165, 1.54) is 0 Å². The number of rotatable bonds is 3. The van der Waals surface area contributed by atoms with Crippen molar-refractivity contribution in [1.29, 1.82) is 0 Å². The van der Waals surface area contributed by atoms with Crippen molar-refractivity contribution in [1.82, 2.24) is 4.90 Å². The molecule has 1 heterocycles. The van der Waals surface area contributed by atoms with E-state index in [4.69, 9.17) is 15.2 Å². The van der Waals surface area contributed by atoms with Crippen LogP contribution < -0.4 is 5.73 Å². The average Bonchev–Trinajstić information content (AvgIpc) is 2.93. The molecule has 0 aromatic heterocycles. The molecule has 0 aromatic rings. The summed E-state index contributed by atoms with van der Waals surface area (Å²) in [5.74, 6) is 0.180. The predicted molar refractivity (Wildman–Crippen MR) is 63.5 cm³/mol. The van der Waals surface area contributed by atoms with Gasteiger partial charge >= 0.3 is 0 Å². The molecule has 1 aliphatic heterocycles. The highest BCUT2D eigenvalue weighted by molar-refractivity contribution is 5.80. The lowest BCUT2D eigenvalue weighted by molar-refractivity contribution is -0.135. The summed E-state index contributed by atoms with van der Waals surface area (Å²) in [6.07, 6.45) is 2.92. The number of hydrogen-bond acceptors (Lipinski definition) is 4. The van der Waals surface area contributed by atoms with Crippen molar-refractivity contribution in [2.24, 2.45) is 11.7 Å².